The van der Waals surface area contributed by atoms with Gasteiger partial charge in [0.2, 0.25) is 0 Å². The Labute approximate surface area is 165 Å². The minimum Gasteiger partial charge on any atom is -0.497 e. The number of hydrogen-bond donors (Lipinski definition) is 1. The Morgan fingerprint density at radius 2 is 1.79 bits per heavy atom. The summed E-state index contributed by atoms with van der Waals surface area (Å²) in [5.74, 6) is 0.178. The molecule has 1 N–H and O–H groups in total. The van der Waals surface area contributed by atoms with Crippen LogP contribution in [0.15, 0.2) is 46.8 Å². The summed E-state index contributed by atoms with van der Waals surface area (Å²) in [6.45, 7) is 1.91. The minimum absolute atomic E-state index is 0.0123. The van der Waals surface area contributed by atoms with Gasteiger partial charge in [-0.3, -0.25) is 4.79 Å². The van der Waals surface area contributed by atoms with E-state index in [1.807, 2.05) is 31.2 Å². The summed E-state index contributed by atoms with van der Waals surface area (Å²) in [7, 11) is 1.62. The number of methoxy groups -OCH3 is 1. The van der Waals surface area contributed by atoms with Crippen LogP contribution in [0.25, 0.3) is 0 Å². The largest absolute Gasteiger partial charge is 0.497 e. The molecule has 1 unspecified atom stereocenters. The lowest BCUT2D eigenvalue weighted by molar-refractivity contribution is -0.144. The number of Topliss-reactive ketones (excluding diaryl/α,β-unsaturated/α-hetero) is 1. The number of benzene rings is 1. The minimum atomic E-state index is -0.385. The summed E-state index contributed by atoms with van der Waals surface area (Å²) in [6.07, 6.45) is 6.23. The molecule has 1 atom stereocenters. The quantitative estimate of drug-likeness (QED) is 0.794. The van der Waals surface area contributed by atoms with Crippen molar-refractivity contribution in [1.29, 1.82) is 0 Å². The first-order valence-corrected chi connectivity index (χ1v) is 10.2. The van der Waals surface area contributed by atoms with Gasteiger partial charge in [0.15, 0.2) is 5.78 Å². The third kappa shape index (κ3) is 3.46. The normalized spacial score (nSPS) is 22.8. The van der Waals surface area contributed by atoms with Gasteiger partial charge in [0.25, 0.3) is 0 Å². The summed E-state index contributed by atoms with van der Waals surface area (Å²) >= 11 is 0. The summed E-state index contributed by atoms with van der Waals surface area (Å²) in [5, 5.41) is 3.34. The molecule has 0 radical (unpaired) electrons. The average Bonchev–Trinajstić information content (AvgIpc) is 3.20. The average molecular weight is 381 g/mol. The van der Waals surface area contributed by atoms with Gasteiger partial charge in [0, 0.05) is 29.3 Å². The third-order valence-electron chi connectivity index (χ3n) is 6.02. The standard InChI is InChI=1S/C23H27NO4/c1-14-20(23(26)28-17-6-3-4-7-17)21(15-10-12-16(27-2)13-11-15)22-18(24-14)8-5-9-19(22)25/h10-13,17,21,24H,3-9H2,1-2H3. The highest BCUT2D eigenvalue weighted by molar-refractivity contribution is 6.03. The van der Waals surface area contributed by atoms with Crippen molar-refractivity contribution >= 4 is 11.8 Å². The van der Waals surface area contributed by atoms with Crippen LogP contribution in [0.1, 0.15) is 63.4 Å². The van der Waals surface area contributed by atoms with E-state index in [2.05, 4.69) is 5.32 Å². The van der Waals surface area contributed by atoms with E-state index in [1.165, 1.54) is 0 Å². The van der Waals surface area contributed by atoms with Gasteiger partial charge < -0.3 is 14.8 Å². The Kier molecular flexibility index (Phi) is 5.25. The van der Waals surface area contributed by atoms with Crippen LogP contribution in [0.5, 0.6) is 5.75 Å². The Hall–Kier alpha value is -2.56. The number of nitrogens with one attached hydrogen (secondary N) is 1. The number of carbonyl (C=O) groups is 2. The van der Waals surface area contributed by atoms with Crippen molar-refractivity contribution in [3.63, 3.8) is 0 Å². The number of ketones is 1. The van der Waals surface area contributed by atoms with E-state index in [1.54, 1.807) is 7.11 Å². The molecule has 0 amide bonds. The van der Waals surface area contributed by atoms with Crippen molar-refractivity contribution in [3.05, 3.63) is 52.4 Å². The fraction of sp³-hybridized carbons (Fsp3) is 0.478. The van der Waals surface area contributed by atoms with E-state index in [0.717, 1.165) is 66.8 Å². The zero-order valence-corrected chi connectivity index (χ0v) is 16.5. The number of carbonyl (C=O) groups excluding carboxylic acids is 2. The molecule has 148 valence electrons. The van der Waals surface area contributed by atoms with E-state index < -0.39 is 0 Å². The van der Waals surface area contributed by atoms with Crippen molar-refractivity contribution in [2.24, 2.45) is 0 Å². The van der Waals surface area contributed by atoms with Crippen LogP contribution in [-0.4, -0.2) is 25.0 Å². The van der Waals surface area contributed by atoms with Crippen LogP contribution in [0.3, 0.4) is 0 Å². The maximum absolute atomic E-state index is 13.2. The molecule has 5 nitrogen and oxygen atoms in total. The molecule has 0 aromatic heterocycles. The smallest absolute Gasteiger partial charge is 0.337 e. The molecule has 1 saturated carbocycles. The molecule has 1 heterocycles. The Bertz CT molecular complexity index is 844. The van der Waals surface area contributed by atoms with Gasteiger partial charge in [0.05, 0.1) is 12.7 Å². The zero-order valence-electron chi connectivity index (χ0n) is 16.5. The second kappa shape index (κ2) is 7.82. The molecule has 0 saturated heterocycles. The fourth-order valence-electron chi connectivity index (χ4n) is 4.60. The maximum atomic E-state index is 13.2. The monoisotopic (exact) mass is 381 g/mol. The Morgan fingerprint density at radius 3 is 2.46 bits per heavy atom. The summed E-state index contributed by atoms with van der Waals surface area (Å²) < 4.78 is 11.1. The molecule has 0 bridgehead atoms. The van der Waals surface area contributed by atoms with Gasteiger partial charge in [0.1, 0.15) is 11.9 Å². The van der Waals surface area contributed by atoms with E-state index in [9.17, 15) is 9.59 Å². The fourth-order valence-corrected chi connectivity index (χ4v) is 4.60. The lowest BCUT2D eigenvalue weighted by Gasteiger charge is -2.34. The van der Waals surface area contributed by atoms with Gasteiger partial charge in [-0.05, 0) is 63.1 Å². The molecule has 0 spiro atoms. The molecule has 1 aromatic carbocycles. The molecule has 1 aromatic rings. The second-order valence-electron chi connectivity index (χ2n) is 7.85. The molecule has 5 heteroatoms. The number of hydrogen-bond acceptors (Lipinski definition) is 5. The number of rotatable bonds is 4. The highest BCUT2D eigenvalue weighted by Crippen LogP contribution is 2.43. The Balaban J connectivity index is 1.75. The van der Waals surface area contributed by atoms with E-state index >= 15 is 0 Å². The highest BCUT2D eigenvalue weighted by Gasteiger charge is 2.39. The first kappa shape index (κ1) is 18.8. The molecular weight excluding hydrogens is 354 g/mol. The van der Waals surface area contributed by atoms with Crippen molar-refractivity contribution < 1.29 is 19.1 Å². The number of ether oxygens (including phenoxy) is 2. The zero-order chi connectivity index (χ0) is 19.7. The van der Waals surface area contributed by atoms with Crippen molar-refractivity contribution in [2.45, 2.75) is 63.9 Å². The number of esters is 1. The van der Waals surface area contributed by atoms with Crippen molar-refractivity contribution in [2.75, 3.05) is 7.11 Å². The van der Waals surface area contributed by atoms with Crippen LogP contribution in [0, 0.1) is 0 Å². The van der Waals surface area contributed by atoms with E-state index in [0.29, 0.717) is 12.0 Å². The Morgan fingerprint density at radius 1 is 1.07 bits per heavy atom. The SMILES string of the molecule is COc1ccc(C2C(C(=O)OC3CCCC3)=C(C)NC3=C2C(=O)CCC3)cc1. The highest BCUT2D eigenvalue weighted by atomic mass is 16.5. The van der Waals surface area contributed by atoms with Crippen LogP contribution >= 0.6 is 0 Å². The maximum Gasteiger partial charge on any atom is 0.337 e. The van der Waals surface area contributed by atoms with Gasteiger partial charge in [-0.1, -0.05) is 12.1 Å². The molecule has 4 rings (SSSR count). The molecule has 1 fully saturated rings. The van der Waals surface area contributed by atoms with Crippen molar-refractivity contribution in [3.8, 4) is 5.75 Å². The summed E-state index contributed by atoms with van der Waals surface area (Å²) in [6, 6.07) is 7.63. The third-order valence-corrected chi connectivity index (χ3v) is 6.02. The van der Waals surface area contributed by atoms with Gasteiger partial charge in [-0.15, -0.1) is 0 Å². The topological polar surface area (TPSA) is 64.6 Å². The van der Waals surface area contributed by atoms with Crippen LogP contribution in [-0.2, 0) is 14.3 Å². The van der Waals surface area contributed by atoms with Crippen LogP contribution in [0.4, 0.5) is 0 Å². The molecule has 3 aliphatic rings. The first-order chi connectivity index (χ1) is 13.6. The second-order valence-corrected chi connectivity index (χ2v) is 7.85. The van der Waals surface area contributed by atoms with Crippen molar-refractivity contribution in [1.82, 2.24) is 5.32 Å². The van der Waals surface area contributed by atoms with Crippen LogP contribution in [0.2, 0.25) is 0 Å². The lowest BCUT2D eigenvalue weighted by Crippen LogP contribution is -2.35. The first-order valence-electron chi connectivity index (χ1n) is 10.2. The lowest BCUT2D eigenvalue weighted by atomic mass is 9.75. The van der Waals surface area contributed by atoms with Gasteiger partial charge in [-0.25, -0.2) is 4.79 Å². The number of allylic oxidation sites excluding steroid dienone is 3. The van der Waals surface area contributed by atoms with Gasteiger partial charge >= 0.3 is 5.97 Å². The molecule has 2 aliphatic carbocycles. The van der Waals surface area contributed by atoms with E-state index in [-0.39, 0.29) is 23.8 Å². The summed E-state index contributed by atoms with van der Waals surface area (Å²) in [4.78, 5) is 26.0. The van der Waals surface area contributed by atoms with Crippen LogP contribution < -0.4 is 10.1 Å². The molecular formula is C23H27NO4. The summed E-state index contributed by atoms with van der Waals surface area (Å²) in [5.41, 5.74) is 3.94. The predicted octanol–water partition coefficient (Wildman–Crippen LogP) is 4.15. The number of dihydropyridines is 1. The molecule has 28 heavy (non-hydrogen) atoms. The predicted molar refractivity (Wildman–Crippen MR) is 106 cm³/mol. The van der Waals surface area contributed by atoms with Gasteiger partial charge in [-0.2, -0.15) is 0 Å². The van der Waals surface area contributed by atoms with E-state index in [4.69, 9.17) is 9.47 Å². The molecule has 1 aliphatic heterocycles.